The Morgan fingerprint density at radius 2 is 0.700 bits per heavy atom. The molecule has 0 rings (SSSR count). The van der Waals surface area contributed by atoms with Crippen molar-refractivity contribution in [2.45, 2.75) is 25.7 Å². The average Bonchev–Trinajstić information content (AvgIpc) is 2.23. The predicted molar refractivity (Wildman–Crippen MR) is 62.0 cm³/mol. The fourth-order valence-corrected chi connectivity index (χ4v) is 0.428. The number of aliphatic carboxylic acids is 4. The van der Waals surface area contributed by atoms with Gasteiger partial charge in [-0.2, -0.15) is 0 Å². The summed E-state index contributed by atoms with van der Waals surface area (Å²) in [6.07, 6.45) is -1.19. The van der Waals surface area contributed by atoms with E-state index in [2.05, 4.69) is 0 Å². The van der Waals surface area contributed by atoms with Crippen LogP contribution in [0.2, 0.25) is 0 Å². The van der Waals surface area contributed by atoms with E-state index in [9.17, 15) is 19.2 Å². The summed E-state index contributed by atoms with van der Waals surface area (Å²) in [4.78, 5) is 38.6. The molecule has 5 N–H and O–H groups in total. The van der Waals surface area contributed by atoms with Gasteiger partial charge in [0.05, 0.1) is 25.7 Å². The molecule has 0 aromatic heterocycles. The van der Waals surface area contributed by atoms with Crippen molar-refractivity contribution in [3.8, 4) is 0 Å². The van der Waals surface area contributed by atoms with E-state index in [1.807, 2.05) is 0 Å². The maximum Gasteiger partial charge on any atom is 0.303 e. The lowest BCUT2D eigenvalue weighted by Crippen LogP contribution is -2.00. The standard InChI is InChI=1S/2C4H6O4.H2O3S/c2*5-3(6)1-2-4(7)8;1-4(2)3/h2*1-2H2,(H,5,6)(H,7,8);4H,(H,1,2,3). The summed E-state index contributed by atoms with van der Waals surface area (Å²) in [5.41, 5.74) is 0. The zero-order valence-corrected chi connectivity index (χ0v) is 10.9. The van der Waals surface area contributed by atoms with E-state index in [0.29, 0.717) is 0 Å². The van der Waals surface area contributed by atoms with E-state index >= 15 is 0 Å². The van der Waals surface area contributed by atoms with Gasteiger partial charge in [0.15, 0.2) is 0 Å². The summed E-state index contributed by atoms with van der Waals surface area (Å²) in [5, 5.41) is 31.6. The molecule has 0 heterocycles. The van der Waals surface area contributed by atoms with Crippen LogP contribution in [0.5, 0.6) is 0 Å². The Kier molecular flexibility index (Phi) is 17.0. The largest absolute Gasteiger partial charge is 0.481 e. The molecule has 0 fully saturated rings. The Labute approximate surface area is 114 Å². The number of carboxylic acid groups (broad SMARTS) is 4. The van der Waals surface area contributed by atoms with Gasteiger partial charge < -0.3 is 20.4 Å². The second-order valence-corrected chi connectivity index (χ2v) is 3.29. The van der Waals surface area contributed by atoms with E-state index in [-0.39, 0.29) is 25.7 Å². The minimum absolute atomic E-state index is 0.296. The molecule has 0 saturated heterocycles. The fraction of sp³-hybridized carbons (Fsp3) is 0.500. The third-order valence-corrected chi connectivity index (χ3v) is 1.11. The van der Waals surface area contributed by atoms with Gasteiger partial charge in [0.25, 0.3) is 11.0 Å². The van der Waals surface area contributed by atoms with Crippen molar-refractivity contribution >= 4 is 34.9 Å². The number of thiol groups is 1. The van der Waals surface area contributed by atoms with Gasteiger partial charge in [-0.1, -0.05) is 0 Å². The Bertz CT molecular complexity index is 333. The Balaban J connectivity index is -0.000000230. The molecule has 0 saturated carbocycles. The first-order valence-corrected chi connectivity index (χ1v) is 5.82. The Morgan fingerprint density at radius 3 is 0.750 bits per heavy atom. The summed E-state index contributed by atoms with van der Waals surface area (Å²) < 4.78 is 24.2. The summed E-state index contributed by atoms with van der Waals surface area (Å²) in [6.45, 7) is 0. The molecule has 0 unspecified atom stereocenters. The normalized spacial score (nSPS) is 8.50. The van der Waals surface area contributed by atoms with Crippen LogP contribution >= 0.6 is 0 Å². The van der Waals surface area contributed by atoms with Crippen LogP contribution in [0.15, 0.2) is 0 Å². The fourth-order valence-electron chi connectivity index (χ4n) is 0.428. The number of hydrogen-bond acceptors (Lipinski definition) is 6. The van der Waals surface area contributed by atoms with Crippen molar-refractivity contribution in [1.82, 2.24) is 0 Å². The highest BCUT2D eigenvalue weighted by atomic mass is 32.2. The second-order valence-electron chi connectivity index (χ2n) is 2.81. The summed E-state index contributed by atoms with van der Waals surface area (Å²) in [6, 6.07) is 0. The molecule has 20 heavy (non-hydrogen) atoms. The summed E-state index contributed by atoms with van der Waals surface area (Å²) in [5.74, 6) is -4.31. The van der Waals surface area contributed by atoms with Crippen LogP contribution in [-0.2, 0) is 30.2 Å². The second kappa shape index (κ2) is 14.8. The van der Waals surface area contributed by atoms with Crippen molar-refractivity contribution in [3.05, 3.63) is 0 Å². The lowest BCUT2D eigenvalue weighted by molar-refractivity contribution is -0.143. The zero-order valence-electron chi connectivity index (χ0n) is 9.96. The quantitative estimate of drug-likeness (QED) is 0.257. The van der Waals surface area contributed by atoms with Crippen LogP contribution < -0.4 is 0 Å². The molecule has 0 aromatic carbocycles. The van der Waals surface area contributed by atoms with E-state index in [1.165, 1.54) is 0 Å². The highest BCUT2D eigenvalue weighted by Crippen LogP contribution is 1.86. The predicted octanol–water partition coefficient (Wildman–Crippen LogP) is -1.06. The van der Waals surface area contributed by atoms with Crippen LogP contribution in [0, 0.1) is 0 Å². The average molecular weight is 318 g/mol. The molecule has 11 nitrogen and oxygen atoms in total. The van der Waals surface area contributed by atoms with Gasteiger partial charge in [-0.05, 0) is 0 Å². The molecule has 0 aromatic rings. The van der Waals surface area contributed by atoms with Crippen LogP contribution in [0.25, 0.3) is 0 Å². The van der Waals surface area contributed by atoms with Crippen LogP contribution in [0.1, 0.15) is 25.7 Å². The third-order valence-electron chi connectivity index (χ3n) is 1.11. The van der Waals surface area contributed by atoms with Gasteiger partial charge in [-0.3, -0.25) is 23.7 Å². The molecule has 0 aliphatic rings. The molecule has 0 atom stereocenters. The first kappa shape index (κ1) is 22.9. The van der Waals surface area contributed by atoms with E-state index in [4.69, 9.17) is 33.4 Å². The maximum atomic E-state index is 9.64. The highest BCUT2D eigenvalue weighted by Gasteiger charge is 2.00. The first-order valence-electron chi connectivity index (χ1n) is 4.69. The SMILES string of the molecule is O=C(O)CCC(=O)O.O=C(O)CCC(=O)O.O=[SH](=O)O. The molecular weight excluding hydrogens is 304 g/mol. The van der Waals surface area contributed by atoms with Crippen LogP contribution in [-0.4, -0.2) is 57.3 Å². The maximum absolute atomic E-state index is 9.64. The van der Waals surface area contributed by atoms with Gasteiger partial charge in [-0.25, -0.2) is 8.42 Å². The Hall–Kier alpha value is -2.21. The van der Waals surface area contributed by atoms with Crippen molar-refractivity contribution in [3.63, 3.8) is 0 Å². The minimum atomic E-state index is -3.12. The van der Waals surface area contributed by atoms with Gasteiger partial charge in [0.2, 0.25) is 0 Å². The molecule has 0 aliphatic carbocycles. The number of carboxylic acids is 4. The molecule has 118 valence electrons. The van der Waals surface area contributed by atoms with Gasteiger partial charge >= 0.3 is 23.9 Å². The van der Waals surface area contributed by atoms with Gasteiger partial charge in [-0.15, -0.1) is 0 Å². The van der Waals surface area contributed by atoms with Gasteiger partial charge in [0.1, 0.15) is 0 Å². The number of rotatable bonds is 6. The van der Waals surface area contributed by atoms with Crippen molar-refractivity contribution < 1.29 is 52.6 Å². The summed E-state index contributed by atoms with van der Waals surface area (Å²) in [7, 11) is -3.12. The zero-order chi connectivity index (χ0) is 16.7. The van der Waals surface area contributed by atoms with Crippen molar-refractivity contribution in [2.24, 2.45) is 0 Å². The third kappa shape index (κ3) is 56.9. The van der Waals surface area contributed by atoms with Crippen molar-refractivity contribution in [2.75, 3.05) is 0 Å². The molecule has 0 spiro atoms. The van der Waals surface area contributed by atoms with E-state index in [1.54, 1.807) is 0 Å². The smallest absolute Gasteiger partial charge is 0.303 e. The van der Waals surface area contributed by atoms with Crippen molar-refractivity contribution in [1.29, 1.82) is 0 Å². The lowest BCUT2D eigenvalue weighted by Gasteiger charge is -1.85. The molecular formula is C8H14O11S. The number of hydrogen-bond donors (Lipinski definition) is 6. The van der Waals surface area contributed by atoms with E-state index in [0.717, 1.165) is 0 Å². The molecule has 0 aliphatic heterocycles. The molecule has 0 amide bonds. The van der Waals surface area contributed by atoms with Crippen LogP contribution in [0.3, 0.4) is 0 Å². The monoisotopic (exact) mass is 318 g/mol. The molecule has 12 heteroatoms. The molecule has 0 bridgehead atoms. The first-order chi connectivity index (χ1) is 8.98. The topological polar surface area (TPSA) is 204 Å². The lowest BCUT2D eigenvalue weighted by atomic mass is 10.3. The highest BCUT2D eigenvalue weighted by molar-refractivity contribution is 7.66. The van der Waals surface area contributed by atoms with E-state index < -0.39 is 34.9 Å². The number of carbonyl (C=O) groups is 4. The summed E-state index contributed by atoms with van der Waals surface area (Å²) >= 11 is 0. The Morgan fingerprint density at radius 1 is 0.600 bits per heavy atom. The van der Waals surface area contributed by atoms with Crippen LogP contribution in [0.4, 0.5) is 0 Å². The minimum Gasteiger partial charge on any atom is -0.481 e. The molecule has 0 radical (unpaired) electrons. The van der Waals surface area contributed by atoms with Gasteiger partial charge in [0, 0.05) is 0 Å².